The van der Waals surface area contributed by atoms with Crippen molar-refractivity contribution in [3.63, 3.8) is 0 Å². The van der Waals surface area contributed by atoms with Gasteiger partial charge in [-0.25, -0.2) is 8.78 Å². The molecule has 0 bridgehead atoms. The lowest BCUT2D eigenvalue weighted by atomic mass is 10.0. The van der Waals surface area contributed by atoms with E-state index in [1.165, 1.54) is 11.6 Å². The van der Waals surface area contributed by atoms with E-state index in [2.05, 4.69) is 22.2 Å². The fourth-order valence-electron chi connectivity index (χ4n) is 1.95. The maximum Gasteiger partial charge on any atom is 0.248 e. The van der Waals surface area contributed by atoms with Gasteiger partial charge in [0.1, 0.15) is 0 Å². The van der Waals surface area contributed by atoms with Crippen LogP contribution in [0.1, 0.15) is 30.9 Å². The smallest absolute Gasteiger partial charge is 0.248 e. The van der Waals surface area contributed by atoms with E-state index in [0.29, 0.717) is 5.70 Å². The molecule has 1 aromatic carbocycles. The van der Waals surface area contributed by atoms with Gasteiger partial charge in [-0.05, 0) is 44.5 Å². The first-order chi connectivity index (χ1) is 10.5. The highest BCUT2D eigenvalue weighted by molar-refractivity contribution is 5.64. The van der Waals surface area contributed by atoms with E-state index >= 15 is 0 Å². The van der Waals surface area contributed by atoms with Crippen LogP contribution in [0.15, 0.2) is 30.3 Å². The normalized spacial score (nSPS) is 11.9. The molecule has 1 aromatic rings. The van der Waals surface area contributed by atoms with Gasteiger partial charge in [0.15, 0.2) is 0 Å². The van der Waals surface area contributed by atoms with Gasteiger partial charge in [0.25, 0.3) is 0 Å². The van der Waals surface area contributed by atoms with Crippen molar-refractivity contribution in [1.82, 2.24) is 16.2 Å². The third-order valence-electron chi connectivity index (χ3n) is 3.09. The van der Waals surface area contributed by atoms with Crippen LogP contribution in [0.5, 0.6) is 0 Å². The van der Waals surface area contributed by atoms with Gasteiger partial charge in [-0.1, -0.05) is 36.8 Å². The molecule has 120 valence electrons. The third-order valence-corrected chi connectivity index (χ3v) is 3.09. The lowest BCUT2D eigenvalue weighted by Gasteiger charge is -2.13. The molecular formula is C17H23F2N3. The number of hydrogen-bond acceptors (Lipinski definition) is 3. The van der Waals surface area contributed by atoms with Crippen LogP contribution >= 0.6 is 0 Å². The molecule has 1 rings (SSSR count). The van der Waals surface area contributed by atoms with E-state index in [1.54, 1.807) is 0 Å². The number of nitrogens with one attached hydrogen (secondary N) is 3. The third kappa shape index (κ3) is 7.09. The Morgan fingerprint density at radius 1 is 1.32 bits per heavy atom. The first kappa shape index (κ1) is 18.0. The largest absolute Gasteiger partial charge is 0.320 e. The second-order valence-electron chi connectivity index (χ2n) is 5.19. The molecule has 3 N–H and O–H groups in total. The molecule has 0 spiro atoms. The van der Waals surface area contributed by atoms with Crippen molar-refractivity contribution in [2.45, 2.75) is 32.1 Å². The van der Waals surface area contributed by atoms with Crippen molar-refractivity contribution < 1.29 is 8.78 Å². The minimum absolute atomic E-state index is 0.356. The van der Waals surface area contributed by atoms with Crippen LogP contribution in [-0.2, 0) is 6.42 Å². The molecule has 0 aliphatic rings. The van der Waals surface area contributed by atoms with Gasteiger partial charge < -0.3 is 5.32 Å². The van der Waals surface area contributed by atoms with Crippen molar-refractivity contribution >= 4 is 5.70 Å². The predicted molar refractivity (Wildman–Crippen MR) is 87.0 cm³/mol. The number of benzene rings is 1. The predicted octanol–water partition coefficient (Wildman–Crippen LogP) is 2.91. The number of aryl methyl sites for hydroxylation is 1. The van der Waals surface area contributed by atoms with Gasteiger partial charge >= 0.3 is 0 Å². The number of allylic oxidation sites excluding steroid dienone is 1. The summed E-state index contributed by atoms with van der Waals surface area (Å²) >= 11 is 0. The first-order valence-electron chi connectivity index (χ1n) is 7.25. The maximum absolute atomic E-state index is 13.0. The Morgan fingerprint density at radius 2 is 2.00 bits per heavy atom. The standard InChI is InChI=1S/C17H23F2N3/c1-4-21-22-16(11-12-17(2,18)19)15-9-7-14(8-10-15)6-5-13-20-3/h1,7-11,20-22H,5-6,12-13H2,2-3H3/b16-11-. The number of alkyl halides is 2. The summed E-state index contributed by atoms with van der Waals surface area (Å²) in [7, 11) is 1.92. The summed E-state index contributed by atoms with van der Waals surface area (Å²) in [4.78, 5) is 0. The quantitative estimate of drug-likeness (QED) is 0.284. The van der Waals surface area contributed by atoms with Crippen LogP contribution in [0.2, 0.25) is 0 Å². The molecule has 0 radical (unpaired) electrons. The summed E-state index contributed by atoms with van der Waals surface area (Å²) in [5.41, 5.74) is 7.82. The van der Waals surface area contributed by atoms with Crippen LogP contribution < -0.4 is 16.2 Å². The molecule has 0 atom stereocenters. The average molecular weight is 307 g/mol. The molecule has 0 aliphatic heterocycles. The maximum atomic E-state index is 13.0. The zero-order valence-electron chi connectivity index (χ0n) is 13.0. The summed E-state index contributed by atoms with van der Waals surface area (Å²) in [6.45, 7) is 1.85. The Hall–Kier alpha value is -2.06. The lowest BCUT2D eigenvalue weighted by Crippen LogP contribution is -2.25. The van der Waals surface area contributed by atoms with Crippen LogP contribution in [0.4, 0.5) is 8.78 Å². The van der Waals surface area contributed by atoms with Crippen molar-refractivity contribution in [2.24, 2.45) is 0 Å². The number of hydrazine groups is 1. The zero-order valence-corrected chi connectivity index (χ0v) is 13.0. The van der Waals surface area contributed by atoms with Gasteiger partial charge in [0.05, 0.1) is 5.70 Å². The summed E-state index contributed by atoms with van der Waals surface area (Å²) in [6, 6.07) is 10.0. The van der Waals surface area contributed by atoms with Crippen molar-refractivity contribution in [3.8, 4) is 12.5 Å². The molecule has 22 heavy (non-hydrogen) atoms. The van der Waals surface area contributed by atoms with E-state index < -0.39 is 5.92 Å². The van der Waals surface area contributed by atoms with Gasteiger partial charge in [-0.15, -0.1) is 0 Å². The monoisotopic (exact) mass is 307 g/mol. The van der Waals surface area contributed by atoms with Gasteiger partial charge in [-0.2, -0.15) is 0 Å². The highest BCUT2D eigenvalue weighted by Gasteiger charge is 2.19. The molecule has 0 aliphatic carbocycles. The van der Waals surface area contributed by atoms with E-state index in [-0.39, 0.29) is 6.42 Å². The molecule has 3 nitrogen and oxygen atoms in total. The average Bonchev–Trinajstić information content (AvgIpc) is 2.48. The summed E-state index contributed by atoms with van der Waals surface area (Å²) in [5, 5.41) is 3.10. The van der Waals surface area contributed by atoms with E-state index in [1.807, 2.05) is 31.3 Å². The summed E-state index contributed by atoms with van der Waals surface area (Å²) in [5.74, 6) is -2.75. The Morgan fingerprint density at radius 3 is 2.55 bits per heavy atom. The molecular weight excluding hydrogens is 284 g/mol. The molecule has 0 amide bonds. The number of halogens is 2. The minimum Gasteiger partial charge on any atom is -0.320 e. The fourth-order valence-corrected chi connectivity index (χ4v) is 1.95. The fraction of sp³-hybridized carbons (Fsp3) is 0.412. The molecule has 5 heteroatoms. The van der Waals surface area contributed by atoms with Crippen molar-refractivity contribution in [1.29, 1.82) is 0 Å². The second kappa shape index (κ2) is 9.06. The summed E-state index contributed by atoms with van der Waals surface area (Å²) < 4.78 is 26.0. The Balaban J connectivity index is 2.79. The van der Waals surface area contributed by atoms with Gasteiger partial charge in [0.2, 0.25) is 5.92 Å². The zero-order chi connectivity index (χ0) is 16.4. The summed E-state index contributed by atoms with van der Waals surface area (Å²) in [6.07, 6.45) is 8.24. The number of hydrogen-bond donors (Lipinski definition) is 3. The van der Waals surface area contributed by atoms with Crippen LogP contribution in [0.3, 0.4) is 0 Å². The van der Waals surface area contributed by atoms with E-state index in [4.69, 9.17) is 6.42 Å². The Kier molecular flexibility index (Phi) is 7.41. The molecule has 0 unspecified atom stereocenters. The molecule has 0 saturated heterocycles. The highest BCUT2D eigenvalue weighted by atomic mass is 19.3. The number of rotatable bonds is 9. The van der Waals surface area contributed by atoms with Crippen LogP contribution in [0, 0.1) is 12.5 Å². The number of terminal acetylenes is 1. The Bertz CT molecular complexity index is 510. The van der Waals surface area contributed by atoms with Crippen LogP contribution in [-0.4, -0.2) is 19.5 Å². The molecule has 0 aromatic heterocycles. The van der Waals surface area contributed by atoms with Crippen molar-refractivity contribution in [3.05, 3.63) is 41.5 Å². The first-order valence-corrected chi connectivity index (χ1v) is 7.25. The second-order valence-corrected chi connectivity index (χ2v) is 5.19. The van der Waals surface area contributed by atoms with E-state index in [9.17, 15) is 8.78 Å². The topological polar surface area (TPSA) is 36.1 Å². The van der Waals surface area contributed by atoms with Gasteiger partial charge in [-0.3, -0.25) is 10.9 Å². The van der Waals surface area contributed by atoms with Gasteiger partial charge in [0, 0.05) is 12.5 Å². The van der Waals surface area contributed by atoms with Crippen molar-refractivity contribution in [2.75, 3.05) is 13.6 Å². The van der Waals surface area contributed by atoms with Crippen LogP contribution in [0.25, 0.3) is 5.70 Å². The SMILES string of the molecule is C#CNN/C(=C\CC(C)(F)F)c1ccc(CCCNC)cc1. The van der Waals surface area contributed by atoms with E-state index in [0.717, 1.165) is 31.9 Å². The lowest BCUT2D eigenvalue weighted by molar-refractivity contribution is 0.0255. The minimum atomic E-state index is -2.75. The Labute approximate surface area is 131 Å². The molecule has 0 fully saturated rings. The molecule has 0 heterocycles. The molecule has 0 saturated carbocycles. The highest BCUT2D eigenvalue weighted by Crippen LogP contribution is 2.21.